The van der Waals surface area contributed by atoms with Crippen LogP contribution in [0, 0.1) is 0 Å². The largest absolute Gasteiger partial charge is 0.416 e. The standard InChI is InChI=1S/C13H18F3N3/c1-2-17-11-7-9(13(14,15)16)8-12(19-11)18-10-5-3-4-6-10/h7-8,10H,2-6H2,1H3,(H2,17,18,19). The Bertz CT molecular complexity index is 426. The van der Waals surface area contributed by atoms with Crippen LogP contribution in [0.4, 0.5) is 24.8 Å². The molecule has 0 aliphatic heterocycles. The lowest BCUT2D eigenvalue weighted by molar-refractivity contribution is -0.137. The Morgan fingerprint density at radius 3 is 2.42 bits per heavy atom. The van der Waals surface area contributed by atoms with Gasteiger partial charge in [0.15, 0.2) is 0 Å². The monoisotopic (exact) mass is 273 g/mol. The van der Waals surface area contributed by atoms with E-state index in [4.69, 9.17) is 0 Å². The molecule has 0 amide bonds. The Hall–Kier alpha value is -1.46. The molecule has 1 aliphatic rings. The van der Waals surface area contributed by atoms with Crippen LogP contribution in [0.5, 0.6) is 0 Å². The fourth-order valence-electron chi connectivity index (χ4n) is 2.32. The van der Waals surface area contributed by atoms with Crippen LogP contribution in [0.15, 0.2) is 12.1 Å². The van der Waals surface area contributed by atoms with Gasteiger partial charge in [-0.05, 0) is 31.9 Å². The van der Waals surface area contributed by atoms with Crippen LogP contribution in [0.2, 0.25) is 0 Å². The normalized spacial score (nSPS) is 16.6. The molecule has 6 heteroatoms. The minimum atomic E-state index is -4.35. The average molecular weight is 273 g/mol. The molecule has 0 radical (unpaired) electrons. The summed E-state index contributed by atoms with van der Waals surface area (Å²) >= 11 is 0. The Kier molecular flexibility index (Phi) is 4.17. The van der Waals surface area contributed by atoms with E-state index in [1.54, 1.807) is 0 Å². The minimum absolute atomic E-state index is 0.241. The summed E-state index contributed by atoms with van der Waals surface area (Å²) in [6.45, 7) is 2.36. The molecule has 0 atom stereocenters. The van der Waals surface area contributed by atoms with Crippen molar-refractivity contribution < 1.29 is 13.2 Å². The van der Waals surface area contributed by atoms with E-state index in [0.717, 1.165) is 37.8 Å². The number of anilines is 2. The number of pyridine rings is 1. The topological polar surface area (TPSA) is 37.0 Å². The number of nitrogens with zero attached hydrogens (tertiary/aromatic N) is 1. The summed E-state index contributed by atoms with van der Waals surface area (Å²) in [5, 5.41) is 5.94. The molecule has 0 aromatic carbocycles. The Labute approximate surface area is 110 Å². The molecule has 1 aromatic rings. The van der Waals surface area contributed by atoms with Gasteiger partial charge in [0.2, 0.25) is 0 Å². The van der Waals surface area contributed by atoms with Crippen LogP contribution < -0.4 is 10.6 Å². The molecule has 0 bridgehead atoms. The molecule has 19 heavy (non-hydrogen) atoms. The SMILES string of the molecule is CCNc1cc(C(F)(F)F)cc(NC2CCCC2)n1. The van der Waals surface area contributed by atoms with Crippen molar-refractivity contribution in [2.75, 3.05) is 17.2 Å². The summed E-state index contributed by atoms with van der Waals surface area (Å²) in [7, 11) is 0. The van der Waals surface area contributed by atoms with E-state index in [0.29, 0.717) is 12.4 Å². The van der Waals surface area contributed by atoms with E-state index in [2.05, 4.69) is 15.6 Å². The first-order valence-corrected chi connectivity index (χ1v) is 6.58. The first kappa shape index (κ1) is 14.0. The van der Waals surface area contributed by atoms with E-state index in [1.165, 1.54) is 0 Å². The van der Waals surface area contributed by atoms with Crippen molar-refractivity contribution >= 4 is 11.6 Å². The lowest BCUT2D eigenvalue weighted by Gasteiger charge is -2.16. The number of halogens is 3. The highest BCUT2D eigenvalue weighted by Gasteiger charge is 2.32. The van der Waals surface area contributed by atoms with Gasteiger partial charge in [-0.3, -0.25) is 0 Å². The van der Waals surface area contributed by atoms with Crippen LogP contribution in [-0.4, -0.2) is 17.6 Å². The lowest BCUT2D eigenvalue weighted by atomic mass is 10.2. The van der Waals surface area contributed by atoms with Gasteiger partial charge in [-0.1, -0.05) is 12.8 Å². The molecule has 1 aliphatic carbocycles. The van der Waals surface area contributed by atoms with Gasteiger partial charge in [0.25, 0.3) is 0 Å². The summed E-state index contributed by atoms with van der Waals surface area (Å²) in [6.07, 6.45) is -0.116. The number of hydrogen-bond donors (Lipinski definition) is 2. The Balaban J connectivity index is 2.22. The summed E-state index contributed by atoms with van der Waals surface area (Å²) < 4.78 is 38.5. The Morgan fingerprint density at radius 2 is 1.84 bits per heavy atom. The molecule has 0 spiro atoms. The first-order chi connectivity index (χ1) is 8.99. The zero-order valence-corrected chi connectivity index (χ0v) is 10.8. The molecule has 2 rings (SSSR count). The predicted molar refractivity (Wildman–Crippen MR) is 69.3 cm³/mol. The van der Waals surface area contributed by atoms with Crippen molar-refractivity contribution in [1.29, 1.82) is 0 Å². The quantitative estimate of drug-likeness (QED) is 0.874. The molecule has 2 N–H and O–H groups in total. The number of alkyl halides is 3. The van der Waals surface area contributed by atoms with E-state index in [1.807, 2.05) is 6.92 Å². The molecular weight excluding hydrogens is 255 g/mol. The summed E-state index contributed by atoms with van der Waals surface area (Å²) in [5.41, 5.74) is -0.668. The third-order valence-corrected chi connectivity index (χ3v) is 3.22. The molecular formula is C13H18F3N3. The lowest BCUT2D eigenvalue weighted by Crippen LogP contribution is -2.17. The van der Waals surface area contributed by atoms with Gasteiger partial charge in [-0.25, -0.2) is 4.98 Å². The second kappa shape index (κ2) is 5.67. The van der Waals surface area contributed by atoms with Crippen molar-refractivity contribution in [1.82, 2.24) is 4.98 Å². The smallest absolute Gasteiger partial charge is 0.370 e. The number of hydrogen-bond acceptors (Lipinski definition) is 3. The highest BCUT2D eigenvalue weighted by atomic mass is 19.4. The summed E-state index contributed by atoms with van der Waals surface area (Å²) in [5.74, 6) is 0.565. The highest BCUT2D eigenvalue weighted by molar-refractivity contribution is 5.50. The van der Waals surface area contributed by atoms with Crippen molar-refractivity contribution in [2.24, 2.45) is 0 Å². The maximum absolute atomic E-state index is 12.8. The van der Waals surface area contributed by atoms with Gasteiger partial charge in [-0.2, -0.15) is 13.2 Å². The first-order valence-electron chi connectivity index (χ1n) is 6.58. The molecule has 0 saturated heterocycles. The predicted octanol–water partition coefficient (Wildman–Crippen LogP) is 3.89. The molecule has 1 fully saturated rings. The summed E-state index contributed by atoms with van der Waals surface area (Å²) in [6, 6.07) is 2.37. The minimum Gasteiger partial charge on any atom is -0.370 e. The van der Waals surface area contributed by atoms with Gasteiger partial charge in [0.05, 0.1) is 5.56 Å². The number of aromatic nitrogens is 1. The molecule has 1 aromatic heterocycles. The second-order valence-electron chi connectivity index (χ2n) is 4.78. The molecule has 1 heterocycles. The fourth-order valence-corrected chi connectivity index (χ4v) is 2.32. The van der Waals surface area contributed by atoms with Crippen LogP contribution in [0.1, 0.15) is 38.2 Å². The van der Waals surface area contributed by atoms with Gasteiger partial charge in [-0.15, -0.1) is 0 Å². The van der Waals surface area contributed by atoms with Crippen LogP contribution in [-0.2, 0) is 6.18 Å². The van der Waals surface area contributed by atoms with E-state index >= 15 is 0 Å². The van der Waals surface area contributed by atoms with Crippen LogP contribution in [0.25, 0.3) is 0 Å². The summed E-state index contributed by atoms with van der Waals surface area (Å²) in [4.78, 5) is 4.18. The highest BCUT2D eigenvalue weighted by Crippen LogP contribution is 2.32. The van der Waals surface area contributed by atoms with Crippen molar-refractivity contribution in [2.45, 2.75) is 44.8 Å². The maximum atomic E-state index is 12.8. The average Bonchev–Trinajstić information content (AvgIpc) is 2.81. The zero-order chi connectivity index (χ0) is 13.9. The van der Waals surface area contributed by atoms with Crippen molar-refractivity contribution in [3.63, 3.8) is 0 Å². The van der Waals surface area contributed by atoms with E-state index in [9.17, 15) is 13.2 Å². The third-order valence-electron chi connectivity index (χ3n) is 3.22. The van der Waals surface area contributed by atoms with Gasteiger partial charge in [0.1, 0.15) is 11.6 Å². The van der Waals surface area contributed by atoms with Crippen LogP contribution in [0.3, 0.4) is 0 Å². The molecule has 1 saturated carbocycles. The molecule has 3 nitrogen and oxygen atoms in total. The number of rotatable bonds is 4. The fraction of sp³-hybridized carbons (Fsp3) is 0.615. The maximum Gasteiger partial charge on any atom is 0.416 e. The third kappa shape index (κ3) is 3.75. The Morgan fingerprint density at radius 1 is 1.21 bits per heavy atom. The van der Waals surface area contributed by atoms with E-state index in [-0.39, 0.29) is 11.9 Å². The van der Waals surface area contributed by atoms with Gasteiger partial charge in [0, 0.05) is 12.6 Å². The second-order valence-corrected chi connectivity index (χ2v) is 4.78. The van der Waals surface area contributed by atoms with Crippen molar-refractivity contribution in [3.05, 3.63) is 17.7 Å². The zero-order valence-electron chi connectivity index (χ0n) is 10.8. The molecule has 106 valence electrons. The van der Waals surface area contributed by atoms with Crippen molar-refractivity contribution in [3.8, 4) is 0 Å². The van der Waals surface area contributed by atoms with E-state index < -0.39 is 11.7 Å². The molecule has 0 unspecified atom stereocenters. The van der Waals surface area contributed by atoms with Gasteiger partial charge >= 0.3 is 6.18 Å². The number of nitrogens with one attached hydrogen (secondary N) is 2. The van der Waals surface area contributed by atoms with Crippen LogP contribution >= 0.6 is 0 Å². The van der Waals surface area contributed by atoms with Gasteiger partial charge < -0.3 is 10.6 Å².